The molecule has 4 rings (SSSR count). The highest BCUT2D eigenvalue weighted by molar-refractivity contribution is 7.14. The number of halogens is 1. The lowest BCUT2D eigenvalue weighted by Crippen LogP contribution is -2.29. The molecular weight excluding hydrogens is 439 g/mol. The zero-order chi connectivity index (χ0) is 23.2. The van der Waals surface area contributed by atoms with Crippen molar-refractivity contribution in [1.29, 1.82) is 0 Å². The van der Waals surface area contributed by atoms with Gasteiger partial charge in [0.1, 0.15) is 5.82 Å². The van der Waals surface area contributed by atoms with Crippen LogP contribution in [-0.4, -0.2) is 41.8 Å². The van der Waals surface area contributed by atoms with Gasteiger partial charge in [0.15, 0.2) is 5.13 Å². The first-order valence-electron chi connectivity index (χ1n) is 11.1. The monoisotopic (exact) mass is 466 g/mol. The van der Waals surface area contributed by atoms with Gasteiger partial charge in [-0.15, -0.1) is 11.3 Å². The summed E-state index contributed by atoms with van der Waals surface area (Å²) in [5.41, 5.74) is 2.83. The summed E-state index contributed by atoms with van der Waals surface area (Å²) in [4.78, 5) is 33.3. The van der Waals surface area contributed by atoms with Gasteiger partial charge in [-0.25, -0.2) is 9.37 Å². The topological polar surface area (TPSA) is 65.5 Å². The van der Waals surface area contributed by atoms with Crippen molar-refractivity contribution in [2.45, 2.75) is 32.2 Å². The van der Waals surface area contributed by atoms with Crippen LogP contribution in [0.15, 0.2) is 53.9 Å². The van der Waals surface area contributed by atoms with Gasteiger partial charge >= 0.3 is 0 Å². The van der Waals surface area contributed by atoms with Crippen LogP contribution in [-0.2, 0) is 17.8 Å². The Morgan fingerprint density at radius 3 is 2.55 bits per heavy atom. The molecule has 6 nitrogen and oxygen atoms in total. The normalized spacial score (nSPS) is 13.6. The average molecular weight is 467 g/mol. The predicted molar refractivity (Wildman–Crippen MR) is 129 cm³/mol. The SMILES string of the molecule is CN(Cc1ccc(N2CCCCC2)cc1)C(=O)Cc1csc(NC(=O)c2ccccc2F)n1. The third-order valence-electron chi connectivity index (χ3n) is 5.73. The van der Waals surface area contributed by atoms with E-state index in [4.69, 9.17) is 0 Å². The number of amides is 2. The number of carbonyl (C=O) groups is 2. The third-order valence-corrected chi connectivity index (χ3v) is 6.53. The molecule has 0 spiro atoms. The number of thiazole rings is 1. The number of aromatic nitrogens is 1. The van der Waals surface area contributed by atoms with Crippen LogP contribution < -0.4 is 10.2 Å². The Morgan fingerprint density at radius 2 is 1.82 bits per heavy atom. The lowest BCUT2D eigenvalue weighted by Gasteiger charge is -2.29. The number of hydrogen-bond acceptors (Lipinski definition) is 5. The van der Waals surface area contributed by atoms with Crippen LogP contribution in [0.5, 0.6) is 0 Å². The van der Waals surface area contributed by atoms with Crippen LogP contribution in [0.4, 0.5) is 15.2 Å². The highest BCUT2D eigenvalue weighted by Crippen LogP contribution is 2.21. The van der Waals surface area contributed by atoms with E-state index in [-0.39, 0.29) is 17.9 Å². The summed E-state index contributed by atoms with van der Waals surface area (Å²) < 4.78 is 13.8. The molecule has 0 saturated carbocycles. The van der Waals surface area contributed by atoms with Crippen molar-refractivity contribution in [1.82, 2.24) is 9.88 Å². The second kappa shape index (κ2) is 10.6. The lowest BCUT2D eigenvalue weighted by molar-refractivity contribution is -0.129. The number of nitrogens with zero attached hydrogens (tertiary/aromatic N) is 3. The molecule has 0 aliphatic carbocycles. The maximum absolute atomic E-state index is 13.8. The molecule has 1 aromatic heterocycles. The average Bonchev–Trinajstić information content (AvgIpc) is 3.26. The molecule has 172 valence electrons. The summed E-state index contributed by atoms with van der Waals surface area (Å²) in [6.07, 6.45) is 3.92. The molecule has 8 heteroatoms. The summed E-state index contributed by atoms with van der Waals surface area (Å²) in [7, 11) is 1.77. The summed E-state index contributed by atoms with van der Waals surface area (Å²) in [6, 6.07) is 14.2. The largest absolute Gasteiger partial charge is 0.372 e. The van der Waals surface area contributed by atoms with E-state index in [1.165, 1.54) is 54.5 Å². The molecule has 0 unspecified atom stereocenters. The molecule has 33 heavy (non-hydrogen) atoms. The molecular formula is C25H27FN4O2S. The highest BCUT2D eigenvalue weighted by Gasteiger charge is 2.16. The van der Waals surface area contributed by atoms with Gasteiger partial charge in [0, 0.05) is 37.7 Å². The third kappa shape index (κ3) is 5.96. The molecule has 1 saturated heterocycles. The fraction of sp³-hybridized carbons (Fsp3) is 0.320. The zero-order valence-corrected chi connectivity index (χ0v) is 19.4. The van der Waals surface area contributed by atoms with Crippen LogP contribution in [0.25, 0.3) is 0 Å². The molecule has 0 radical (unpaired) electrons. The van der Waals surface area contributed by atoms with Crippen LogP contribution in [0.3, 0.4) is 0 Å². The molecule has 0 atom stereocenters. The van der Waals surface area contributed by atoms with Crippen molar-refractivity contribution in [3.8, 4) is 0 Å². The summed E-state index contributed by atoms with van der Waals surface area (Å²) >= 11 is 1.21. The molecule has 1 N–H and O–H groups in total. The van der Waals surface area contributed by atoms with E-state index < -0.39 is 11.7 Å². The molecule has 1 aliphatic rings. The van der Waals surface area contributed by atoms with E-state index in [1.807, 2.05) is 0 Å². The Morgan fingerprint density at radius 1 is 1.09 bits per heavy atom. The summed E-state index contributed by atoms with van der Waals surface area (Å²) in [6.45, 7) is 2.72. The maximum atomic E-state index is 13.8. The zero-order valence-electron chi connectivity index (χ0n) is 18.6. The van der Waals surface area contributed by atoms with Gasteiger partial charge in [0.05, 0.1) is 17.7 Å². The lowest BCUT2D eigenvalue weighted by atomic mass is 10.1. The standard InChI is InChI=1S/C25H27FN4O2S/c1-29(16-18-9-11-20(12-10-18)30-13-5-2-6-14-30)23(31)15-19-17-33-25(27-19)28-24(32)21-7-3-4-8-22(21)26/h3-4,7-12,17H,2,5-6,13-16H2,1H3,(H,27,28,32). The minimum absolute atomic E-state index is 0.0450. The van der Waals surface area contributed by atoms with Crippen LogP contribution in [0.2, 0.25) is 0 Å². The fourth-order valence-electron chi connectivity index (χ4n) is 3.87. The van der Waals surface area contributed by atoms with Gasteiger partial charge in [0.25, 0.3) is 5.91 Å². The molecule has 0 bridgehead atoms. The van der Waals surface area contributed by atoms with E-state index in [0.717, 1.165) is 18.7 Å². The number of hydrogen-bond donors (Lipinski definition) is 1. The van der Waals surface area contributed by atoms with Crippen molar-refractivity contribution in [3.05, 3.63) is 76.5 Å². The van der Waals surface area contributed by atoms with Crippen molar-refractivity contribution >= 4 is 34.0 Å². The number of nitrogens with one attached hydrogen (secondary N) is 1. The molecule has 3 aromatic rings. The van der Waals surface area contributed by atoms with E-state index in [2.05, 4.69) is 39.5 Å². The van der Waals surface area contributed by atoms with Crippen molar-refractivity contribution in [2.24, 2.45) is 0 Å². The quantitative estimate of drug-likeness (QED) is 0.547. The molecule has 2 heterocycles. The predicted octanol–water partition coefficient (Wildman–Crippen LogP) is 4.73. The minimum Gasteiger partial charge on any atom is -0.372 e. The Hall–Kier alpha value is -3.26. The summed E-state index contributed by atoms with van der Waals surface area (Å²) in [5, 5.41) is 4.66. The Kier molecular flexibility index (Phi) is 7.34. The van der Waals surface area contributed by atoms with Crippen molar-refractivity contribution in [2.75, 3.05) is 30.4 Å². The second-order valence-corrected chi connectivity index (χ2v) is 9.08. The number of benzene rings is 2. The van der Waals surface area contributed by atoms with Crippen molar-refractivity contribution in [3.63, 3.8) is 0 Å². The van der Waals surface area contributed by atoms with E-state index in [9.17, 15) is 14.0 Å². The van der Waals surface area contributed by atoms with E-state index in [0.29, 0.717) is 17.4 Å². The fourth-order valence-corrected chi connectivity index (χ4v) is 4.58. The Bertz CT molecular complexity index is 1110. The van der Waals surface area contributed by atoms with E-state index in [1.54, 1.807) is 23.4 Å². The van der Waals surface area contributed by atoms with Crippen LogP contribution >= 0.6 is 11.3 Å². The van der Waals surface area contributed by atoms with Crippen LogP contribution in [0, 0.1) is 5.82 Å². The Labute approximate surface area is 197 Å². The maximum Gasteiger partial charge on any atom is 0.260 e. The Balaban J connectivity index is 1.29. The van der Waals surface area contributed by atoms with Gasteiger partial charge in [-0.3, -0.25) is 14.9 Å². The molecule has 2 aromatic carbocycles. The van der Waals surface area contributed by atoms with Gasteiger partial charge in [-0.05, 0) is 49.1 Å². The van der Waals surface area contributed by atoms with Crippen LogP contribution in [0.1, 0.15) is 40.9 Å². The van der Waals surface area contributed by atoms with Gasteiger partial charge in [-0.2, -0.15) is 0 Å². The first kappa shape index (κ1) is 22.9. The number of rotatable bonds is 7. The molecule has 1 aliphatic heterocycles. The van der Waals surface area contributed by atoms with Gasteiger partial charge < -0.3 is 9.80 Å². The summed E-state index contributed by atoms with van der Waals surface area (Å²) in [5.74, 6) is -1.22. The molecule has 2 amide bonds. The van der Waals surface area contributed by atoms with E-state index >= 15 is 0 Å². The second-order valence-electron chi connectivity index (χ2n) is 8.22. The minimum atomic E-state index is -0.590. The molecule has 1 fully saturated rings. The smallest absolute Gasteiger partial charge is 0.260 e. The number of likely N-dealkylation sites (N-methyl/N-ethyl adjacent to an activating group) is 1. The van der Waals surface area contributed by atoms with Gasteiger partial charge in [-0.1, -0.05) is 24.3 Å². The number of carbonyl (C=O) groups excluding carboxylic acids is 2. The first-order chi connectivity index (χ1) is 16.0. The first-order valence-corrected chi connectivity index (χ1v) is 12.0. The van der Waals surface area contributed by atoms with Gasteiger partial charge in [0.2, 0.25) is 5.91 Å². The number of anilines is 2. The highest BCUT2D eigenvalue weighted by atomic mass is 32.1. The number of piperidine rings is 1. The van der Waals surface area contributed by atoms with Crippen molar-refractivity contribution < 1.29 is 14.0 Å².